The molecule has 0 spiro atoms. The molecule has 0 bridgehead atoms. The van der Waals surface area contributed by atoms with Crippen LogP contribution in [-0.2, 0) is 14.3 Å². The van der Waals surface area contributed by atoms with Crippen molar-refractivity contribution in [2.45, 2.75) is 30.8 Å². The molecule has 2 rings (SSSR count). The van der Waals surface area contributed by atoms with Crippen LogP contribution in [0.25, 0.3) is 0 Å². The van der Waals surface area contributed by atoms with E-state index in [4.69, 9.17) is 4.74 Å². The van der Waals surface area contributed by atoms with Crippen molar-refractivity contribution in [2.24, 2.45) is 0 Å². The second-order valence-electron chi connectivity index (χ2n) is 4.50. The van der Waals surface area contributed by atoms with Gasteiger partial charge in [0, 0.05) is 6.54 Å². The Morgan fingerprint density at radius 3 is 3.05 bits per heavy atom. The second-order valence-corrected chi connectivity index (χ2v) is 5.49. The van der Waals surface area contributed by atoms with Gasteiger partial charge >= 0.3 is 11.9 Å². The molecule has 1 aliphatic heterocycles. The van der Waals surface area contributed by atoms with Gasteiger partial charge in [0.15, 0.2) is 0 Å². The summed E-state index contributed by atoms with van der Waals surface area (Å²) < 4.78 is 4.85. The van der Waals surface area contributed by atoms with Crippen LogP contribution in [0, 0.1) is 0 Å². The number of carboxylic acids is 1. The molecule has 1 fully saturated rings. The van der Waals surface area contributed by atoms with Crippen LogP contribution in [0.15, 0.2) is 17.4 Å². The van der Waals surface area contributed by atoms with Crippen molar-refractivity contribution < 1.29 is 19.4 Å². The summed E-state index contributed by atoms with van der Waals surface area (Å²) in [7, 11) is 0. The smallest absolute Gasteiger partial charge is 0.326 e. The lowest BCUT2D eigenvalue weighted by Gasteiger charge is -2.22. The number of carbonyl (C=O) groups excluding carboxylic acids is 1. The number of thioether (sulfide) groups is 1. The van der Waals surface area contributed by atoms with Crippen molar-refractivity contribution in [3.05, 3.63) is 12.4 Å². The Morgan fingerprint density at radius 1 is 1.52 bits per heavy atom. The minimum atomic E-state index is -0.848. The van der Waals surface area contributed by atoms with Gasteiger partial charge < -0.3 is 14.7 Å². The Morgan fingerprint density at radius 2 is 2.33 bits per heavy atom. The van der Waals surface area contributed by atoms with Crippen molar-refractivity contribution in [3.63, 3.8) is 0 Å². The highest BCUT2D eigenvalue weighted by molar-refractivity contribution is 7.99. The summed E-state index contributed by atoms with van der Waals surface area (Å²) in [6, 6.07) is -0.551. The van der Waals surface area contributed by atoms with E-state index in [0.29, 0.717) is 30.4 Å². The summed E-state index contributed by atoms with van der Waals surface area (Å²) >= 11 is 1.23. The van der Waals surface area contributed by atoms with Crippen molar-refractivity contribution >= 4 is 29.5 Å². The van der Waals surface area contributed by atoms with E-state index in [-0.39, 0.29) is 11.7 Å². The van der Waals surface area contributed by atoms with Gasteiger partial charge in [-0.2, -0.15) is 0 Å². The van der Waals surface area contributed by atoms with Gasteiger partial charge in [-0.3, -0.25) is 9.78 Å². The average molecular weight is 311 g/mol. The van der Waals surface area contributed by atoms with E-state index in [1.807, 2.05) is 0 Å². The summed E-state index contributed by atoms with van der Waals surface area (Å²) in [6.45, 7) is 2.75. The molecule has 0 aromatic carbocycles. The van der Waals surface area contributed by atoms with Crippen LogP contribution >= 0.6 is 11.8 Å². The number of anilines is 1. The van der Waals surface area contributed by atoms with Gasteiger partial charge in [-0.1, -0.05) is 11.8 Å². The monoisotopic (exact) mass is 311 g/mol. The molecule has 0 amide bonds. The van der Waals surface area contributed by atoms with E-state index in [1.165, 1.54) is 11.8 Å². The summed E-state index contributed by atoms with van der Waals surface area (Å²) in [5, 5.41) is 9.77. The zero-order chi connectivity index (χ0) is 15.2. The van der Waals surface area contributed by atoms with E-state index in [1.54, 1.807) is 24.2 Å². The number of aromatic nitrogens is 2. The Labute approximate surface area is 126 Å². The third-order valence-corrected chi connectivity index (χ3v) is 3.95. The van der Waals surface area contributed by atoms with Gasteiger partial charge in [-0.05, 0) is 19.8 Å². The lowest BCUT2D eigenvalue weighted by molar-refractivity contribution is -0.140. The van der Waals surface area contributed by atoms with E-state index < -0.39 is 12.0 Å². The molecule has 1 aromatic rings. The molecule has 8 heteroatoms. The third-order valence-electron chi connectivity index (χ3n) is 3.08. The third kappa shape index (κ3) is 4.07. The Balaban J connectivity index is 2.03. The van der Waals surface area contributed by atoms with Crippen molar-refractivity contribution in [2.75, 3.05) is 23.8 Å². The number of carboxylic acid groups (broad SMARTS) is 1. The lowest BCUT2D eigenvalue weighted by Crippen LogP contribution is -2.36. The number of rotatable bonds is 6. The first-order valence-corrected chi connectivity index (χ1v) is 7.70. The number of ether oxygens (including phenoxy) is 1. The summed E-state index contributed by atoms with van der Waals surface area (Å²) in [4.78, 5) is 32.7. The quantitative estimate of drug-likeness (QED) is 0.618. The zero-order valence-electron chi connectivity index (χ0n) is 11.7. The first-order valence-electron chi connectivity index (χ1n) is 6.71. The van der Waals surface area contributed by atoms with Gasteiger partial charge in [0.2, 0.25) is 0 Å². The summed E-state index contributed by atoms with van der Waals surface area (Å²) in [6.07, 6.45) is 4.53. The molecule has 1 saturated heterocycles. The van der Waals surface area contributed by atoms with Gasteiger partial charge in [0.1, 0.15) is 16.9 Å². The normalized spacial score (nSPS) is 17.8. The van der Waals surface area contributed by atoms with Crippen LogP contribution in [0.4, 0.5) is 5.82 Å². The minimum Gasteiger partial charge on any atom is -0.480 e. The highest BCUT2D eigenvalue weighted by Crippen LogP contribution is 2.25. The fraction of sp³-hybridized carbons (Fsp3) is 0.538. The molecule has 1 unspecified atom stereocenters. The van der Waals surface area contributed by atoms with Gasteiger partial charge in [-0.15, -0.1) is 0 Å². The summed E-state index contributed by atoms with van der Waals surface area (Å²) in [5.41, 5.74) is 0. The van der Waals surface area contributed by atoms with E-state index >= 15 is 0 Å². The second kappa shape index (κ2) is 7.26. The predicted octanol–water partition coefficient (Wildman–Crippen LogP) is 1.19. The molecule has 0 aliphatic carbocycles. The SMILES string of the molecule is CCOC(=O)CSc1cncc(N2CCCC2C(=O)O)n1. The van der Waals surface area contributed by atoms with Gasteiger partial charge in [0.25, 0.3) is 0 Å². The maximum Gasteiger partial charge on any atom is 0.326 e. The van der Waals surface area contributed by atoms with Crippen molar-refractivity contribution in [3.8, 4) is 0 Å². The van der Waals surface area contributed by atoms with E-state index in [2.05, 4.69) is 9.97 Å². The molecule has 2 heterocycles. The molecule has 1 atom stereocenters. The van der Waals surface area contributed by atoms with Gasteiger partial charge in [0.05, 0.1) is 24.8 Å². The van der Waals surface area contributed by atoms with Crippen molar-refractivity contribution in [1.82, 2.24) is 9.97 Å². The van der Waals surface area contributed by atoms with Gasteiger partial charge in [-0.25, -0.2) is 9.78 Å². The molecule has 0 radical (unpaired) electrons. The highest BCUT2D eigenvalue weighted by atomic mass is 32.2. The van der Waals surface area contributed by atoms with Crippen LogP contribution < -0.4 is 4.90 Å². The molecule has 114 valence electrons. The molecular formula is C13H17N3O4S. The summed E-state index contributed by atoms with van der Waals surface area (Å²) in [5.74, 6) is -0.458. The largest absolute Gasteiger partial charge is 0.480 e. The maximum absolute atomic E-state index is 11.3. The molecule has 1 aromatic heterocycles. The number of aliphatic carboxylic acids is 1. The number of hydrogen-bond donors (Lipinski definition) is 1. The minimum absolute atomic E-state index is 0.161. The zero-order valence-corrected chi connectivity index (χ0v) is 12.5. The maximum atomic E-state index is 11.3. The lowest BCUT2D eigenvalue weighted by atomic mass is 10.2. The fourth-order valence-corrected chi connectivity index (χ4v) is 2.82. The fourth-order valence-electron chi connectivity index (χ4n) is 2.18. The first kappa shape index (κ1) is 15.6. The molecular weight excluding hydrogens is 294 g/mol. The van der Waals surface area contributed by atoms with Crippen LogP contribution in [0.2, 0.25) is 0 Å². The molecule has 21 heavy (non-hydrogen) atoms. The van der Waals surface area contributed by atoms with Crippen LogP contribution in [-0.4, -0.2) is 52.0 Å². The number of hydrogen-bond acceptors (Lipinski definition) is 7. The van der Waals surface area contributed by atoms with E-state index in [0.717, 1.165) is 6.42 Å². The molecule has 1 N–H and O–H groups in total. The molecule has 7 nitrogen and oxygen atoms in total. The standard InChI is InChI=1S/C13H17N3O4S/c1-2-20-12(17)8-21-11-7-14-6-10(15-11)16-5-3-4-9(16)13(18)19/h6-7,9H,2-5,8H2,1H3,(H,18,19). The van der Waals surface area contributed by atoms with Crippen LogP contribution in [0.1, 0.15) is 19.8 Å². The molecule has 0 saturated carbocycles. The number of nitrogens with zero attached hydrogens (tertiary/aromatic N) is 3. The Hall–Kier alpha value is -1.83. The molecule has 1 aliphatic rings. The first-order chi connectivity index (χ1) is 10.1. The van der Waals surface area contributed by atoms with E-state index in [9.17, 15) is 14.7 Å². The topological polar surface area (TPSA) is 92.6 Å². The Kier molecular flexibility index (Phi) is 5.38. The Bertz CT molecular complexity index is 526. The number of carbonyl (C=O) groups is 2. The number of esters is 1. The van der Waals surface area contributed by atoms with Crippen LogP contribution in [0.5, 0.6) is 0 Å². The van der Waals surface area contributed by atoms with Crippen molar-refractivity contribution in [1.29, 1.82) is 0 Å². The average Bonchev–Trinajstić information content (AvgIpc) is 2.95. The highest BCUT2D eigenvalue weighted by Gasteiger charge is 2.31. The predicted molar refractivity (Wildman–Crippen MR) is 77.4 cm³/mol. The van der Waals surface area contributed by atoms with Crippen LogP contribution in [0.3, 0.4) is 0 Å².